The summed E-state index contributed by atoms with van der Waals surface area (Å²) in [5.41, 5.74) is -3.24. The lowest BCUT2D eigenvalue weighted by Crippen LogP contribution is -2.62. The van der Waals surface area contributed by atoms with Crippen LogP contribution in [-0.2, 0) is 57.1 Å². The molecule has 10 aliphatic carbocycles. The molecular weight excluding hydrogens is 1080 g/mol. The number of hydrogen-bond donors (Lipinski definition) is 3. The first kappa shape index (κ1) is 63.7. The molecule has 10 saturated carbocycles. The third kappa shape index (κ3) is 8.89. The third-order valence-corrected chi connectivity index (χ3v) is 29.7. The van der Waals surface area contributed by atoms with Gasteiger partial charge in [-0.25, -0.2) is 0 Å². The first-order valence-corrected chi connectivity index (χ1v) is 33.3. The normalized spacial score (nSPS) is 51.8. The molecule has 2 heterocycles. The lowest BCUT2D eigenvalue weighted by molar-refractivity contribution is -0.217. The van der Waals surface area contributed by atoms with E-state index in [1.165, 1.54) is 27.2 Å². The number of hydrogen-bond acceptors (Lipinski definition) is 15. The van der Waals surface area contributed by atoms with Crippen LogP contribution >= 0.6 is 0 Å². The third-order valence-electron chi connectivity index (χ3n) is 29.7. The number of carbonyl (C=O) groups excluding carboxylic acids is 5. The molecule has 0 bridgehead atoms. The summed E-state index contributed by atoms with van der Waals surface area (Å²) in [5.74, 6) is 0.779. The molecule has 0 aromatic rings. The van der Waals surface area contributed by atoms with Gasteiger partial charge in [0.1, 0.15) is 18.3 Å². The van der Waals surface area contributed by atoms with Crippen molar-refractivity contribution >= 4 is 30.9 Å². The zero-order chi connectivity index (χ0) is 62.3. The fraction of sp³-hybridized carbons (Fsp3) is 0.929. The minimum Gasteiger partial charge on any atom is -0.468 e. The Bertz CT molecular complexity index is 2660. The summed E-state index contributed by atoms with van der Waals surface area (Å²) in [6, 6.07) is 0. The van der Waals surface area contributed by atoms with Gasteiger partial charge in [-0.1, -0.05) is 55.4 Å². The van der Waals surface area contributed by atoms with Crippen molar-refractivity contribution in [3.05, 3.63) is 0 Å². The number of carbonyl (C=O) groups is 5. The standard InChI is InChI=1S/C36H56O8.C34H54O7/c1-21(38)42-24-16-26-33(8)17-25(43-22(2)39)29(34(9)12-11-27(44-34)31(5,6)40)32(33,7)14-15-35(26)19-36(35)13-10-23(18-41-20-37)30(3,4)28(24)36;1-20(36)40-23-15-24-31(7)16-22(37)26(32(8)11-10-25(41-32)29(4,5)38)30(31,6)13-14-33(24)18-34(33)12-9-21(17-39-19-35)28(2,3)27(23)34/h20,23-29,40H,10-19H2,1-9H3;19,21-27,37-38H,9-18H2,1-8H3/t23-,24+,25+,26+,27+,28+,29+,32-,33+,34-,35+,36?;21-,22+,23+,24+,25+,26+,27+,30-,31+,32-,33+,34?/m11/s1. The lowest BCUT2D eigenvalue weighted by Gasteiger charge is -2.65. The fourth-order valence-corrected chi connectivity index (χ4v) is 26.2. The number of ether oxygens (including phenoxy) is 7. The van der Waals surface area contributed by atoms with Crippen molar-refractivity contribution in [2.24, 2.45) is 101 Å². The van der Waals surface area contributed by atoms with Gasteiger partial charge in [-0.3, -0.25) is 24.0 Å². The molecule has 2 saturated heterocycles. The van der Waals surface area contributed by atoms with Gasteiger partial charge >= 0.3 is 17.9 Å². The minimum absolute atomic E-state index is 0.0131. The van der Waals surface area contributed by atoms with E-state index in [9.17, 15) is 39.3 Å². The van der Waals surface area contributed by atoms with Gasteiger partial charge in [0, 0.05) is 44.4 Å². The Labute approximate surface area is 508 Å². The number of esters is 3. The predicted molar refractivity (Wildman–Crippen MR) is 317 cm³/mol. The monoisotopic (exact) mass is 1190 g/mol. The van der Waals surface area contributed by atoms with Gasteiger partial charge in [0.2, 0.25) is 0 Å². The molecule has 0 aromatic carbocycles. The molecule has 12 fully saturated rings. The van der Waals surface area contributed by atoms with Crippen LogP contribution in [0.5, 0.6) is 0 Å². The van der Waals surface area contributed by atoms with Crippen LogP contribution in [0.4, 0.5) is 0 Å². The van der Waals surface area contributed by atoms with Crippen LogP contribution in [0.2, 0.25) is 0 Å². The van der Waals surface area contributed by atoms with E-state index in [2.05, 4.69) is 69.2 Å². The summed E-state index contributed by atoms with van der Waals surface area (Å²) in [6.45, 7) is 37.0. The van der Waals surface area contributed by atoms with Crippen LogP contribution in [0.1, 0.15) is 233 Å². The van der Waals surface area contributed by atoms with Crippen molar-refractivity contribution in [1.82, 2.24) is 0 Å². The molecule has 2 aliphatic heterocycles. The average molecular weight is 1190 g/mol. The van der Waals surface area contributed by atoms with Gasteiger partial charge < -0.3 is 48.5 Å². The van der Waals surface area contributed by atoms with E-state index in [0.29, 0.717) is 38.0 Å². The Kier molecular flexibility index (Phi) is 15.0. The van der Waals surface area contributed by atoms with Gasteiger partial charge in [0.05, 0.1) is 53.9 Å². The van der Waals surface area contributed by atoms with Gasteiger partial charge in [0.15, 0.2) is 0 Å². The largest absolute Gasteiger partial charge is 0.468 e. The highest BCUT2D eigenvalue weighted by Crippen LogP contribution is 2.92. The smallest absolute Gasteiger partial charge is 0.302 e. The first-order valence-electron chi connectivity index (χ1n) is 33.3. The summed E-state index contributed by atoms with van der Waals surface area (Å²) in [6.07, 6.45) is 15.4. The van der Waals surface area contributed by atoms with E-state index in [1.807, 2.05) is 27.7 Å². The predicted octanol–water partition coefficient (Wildman–Crippen LogP) is 11.4. The maximum atomic E-state index is 12.7. The van der Waals surface area contributed by atoms with Crippen LogP contribution in [0.15, 0.2) is 0 Å². The van der Waals surface area contributed by atoms with E-state index in [0.717, 1.165) is 109 Å². The SMILES string of the molecule is CC(=O)O[C@H]1C[C@@H]2[C@]3(CC[C@]4(C)[C@@H]([C@@]5(C)CC[C@@H](C(C)(C)O)O5)[C@@H](O)C[C@@]24C)CC32CC[C@H](COC=O)C(C)(C)[C@H]12.CC(=O)O[C@H]1C[C@@]2(C)[C@@H]3C[C@H](OC(C)=O)[C@H]4C(C)(C)[C@@H](COC=O)CCC45C[C@@]35CC[C@]2(C)[C@H]1[C@@]1(C)CC[C@@H](C(C)(C)O)O1. The quantitative estimate of drug-likeness (QED) is 0.0889. The first-order chi connectivity index (χ1) is 39.2. The van der Waals surface area contributed by atoms with Crippen molar-refractivity contribution in [1.29, 1.82) is 0 Å². The van der Waals surface area contributed by atoms with Crippen LogP contribution in [0.3, 0.4) is 0 Å². The summed E-state index contributed by atoms with van der Waals surface area (Å²) >= 11 is 0. The Morgan fingerprint density at radius 2 is 0.859 bits per heavy atom. The van der Waals surface area contributed by atoms with Crippen LogP contribution in [0.25, 0.3) is 0 Å². The molecule has 15 nitrogen and oxygen atoms in total. The fourth-order valence-electron chi connectivity index (χ4n) is 26.2. The van der Waals surface area contributed by atoms with Crippen molar-refractivity contribution in [2.75, 3.05) is 13.2 Å². The molecule has 24 atom stereocenters. The minimum atomic E-state index is -0.952. The van der Waals surface area contributed by atoms with E-state index in [4.69, 9.17) is 33.2 Å². The molecule has 4 spiro atoms. The Hall–Kier alpha value is -2.85. The zero-order valence-electron chi connectivity index (χ0n) is 55.1. The molecule has 0 aromatic heterocycles. The number of rotatable bonds is 13. The molecule has 0 radical (unpaired) electrons. The lowest BCUT2D eigenvalue weighted by atomic mass is 9.40. The topological polar surface area (TPSA) is 211 Å². The van der Waals surface area contributed by atoms with E-state index in [-0.39, 0.29) is 138 Å². The second-order valence-electron chi connectivity index (χ2n) is 34.8. The number of fused-ring (bicyclic) bond motifs is 4. The van der Waals surface area contributed by atoms with Crippen molar-refractivity contribution in [3.63, 3.8) is 0 Å². The summed E-state index contributed by atoms with van der Waals surface area (Å²) in [7, 11) is 0. The van der Waals surface area contributed by atoms with Gasteiger partial charge in [-0.2, -0.15) is 0 Å². The number of aliphatic hydroxyl groups is 3. The highest BCUT2D eigenvalue weighted by molar-refractivity contribution is 5.67. The summed E-state index contributed by atoms with van der Waals surface area (Å²) < 4.78 is 43.0. The molecular formula is C70H110O15. The highest BCUT2D eigenvalue weighted by Gasteiger charge is 2.87. The van der Waals surface area contributed by atoms with Crippen molar-refractivity contribution in [3.8, 4) is 0 Å². The van der Waals surface area contributed by atoms with E-state index in [1.54, 1.807) is 0 Å². The number of aliphatic hydroxyl groups excluding tert-OH is 1. The van der Waals surface area contributed by atoms with Gasteiger partial charge in [-0.15, -0.1) is 0 Å². The molecule has 2 unspecified atom stereocenters. The van der Waals surface area contributed by atoms with E-state index >= 15 is 0 Å². The van der Waals surface area contributed by atoms with Crippen LogP contribution in [-0.4, -0.2) is 118 Å². The van der Waals surface area contributed by atoms with Gasteiger partial charge in [0.25, 0.3) is 12.9 Å². The Morgan fingerprint density at radius 3 is 1.24 bits per heavy atom. The summed E-state index contributed by atoms with van der Waals surface area (Å²) in [4.78, 5) is 60.1. The molecule has 12 rings (SSSR count). The molecule has 3 N–H and O–H groups in total. The van der Waals surface area contributed by atoms with Crippen molar-refractivity contribution < 1.29 is 72.5 Å². The highest BCUT2D eigenvalue weighted by atomic mass is 16.6. The maximum Gasteiger partial charge on any atom is 0.302 e. The van der Waals surface area contributed by atoms with E-state index < -0.39 is 28.5 Å². The summed E-state index contributed by atoms with van der Waals surface area (Å²) in [5, 5.41) is 33.6. The van der Waals surface area contributed by atoms with Crippen LogP contribution in [0, 0.1) is 101 Å². The maximum absolute atomic E-state index is 12.7. The molecule has 85 heavy (non-hydrogen) atoms. The van der Waals surface area contributed by atoms with Crippen LogP contribution < -0.4 is 0 Å². The molecule has 0 amide bonds. The van der Waals surface area contributed by atoms with Gasteiger partial charge in [-0.05, 0) is 235 Å². The zero-order valence-corrected chi connectivity index (χ0v) is 55.1. The molecule has 480 valence electrons. The Morgan fingerprint density at radius 1 is 0.482 bits per heavy atom. The molecule has 15 heteroatoms. The average Bonchev–Trinajstić information content (AvgIpc) is 1.47. The second-order valence-corrected chi connectivity index (χ2v) is 34.8. The molecule has 12 aliphatic rings. The second kappa shape index (κ2) is 20.1. The van der Waals surface area contributed by atoms with Crippen molar-refractivity contribution in [2.45, 2.75) is 292 Å². The Balaban J connectivity index is 0.000000177.